The molecule has 1 saturated carbocycles. The van der Waals surface area contributed by atoms with Crippen molar-refractivity contribution in [1.82, 2.24) is 4.90 Å². The van der Waals surface area contributed by atoms with Gasteiger partial charge in [0, 0.05) is 18.0 Å². The van der Waals surface area contributed by atoms with Crippen molar-refractivity contribution in [3.8, 4) is 0 Å². The number of carbonyl (C=O) groups is 1. The van der Waals surface area contributed by atoms with Crippen molar-refractivity contribution in [1.29, 1.82) is 0 Å². The third-order valence-corrected chi connectivity index (χ3v) is 7.43. The smallest absolute Gasteiger partial charge is 0.269 e. The largest absolute Gasteiger partial charge is 0.337 e. The van der Waals surface area contributed by atoms with E-state index in [0.29, 0.717) is 6.04 Å². The molecular weight excluding hydrogens is 344 g/mol. The summed E-state index contributed by atoms with van der Waals surface area (Å²) < 4.78 is 0.731. The Labute approximate surface area is 150 Å². The monoisotopic (exact) mass is 362 g/mol. The van der Waals surface area contributed by atoms with E-state index in [0.717, 1.165) is 32.8 Å². The third kappa shape index (κ3) is 2.61. The molecule has 6 heteroatoms. The highest BCUT2D eigenvalue weighted by Gasteiger charge is 2.41. The van der Waals surface area contributed by atoms with Crippen LogP contribution in [-0.4, -0.2) is 28.2 Å². The van der Waals surface area contributed by atoms with E-state index >= 15 is 0 Å². The Morgan fingerprint density at radius 1 is 1.13 bits per heavy atom. The lowest BCUT2D eigenvalue weighted by atomic mass is 9.94. The summed E-state index contributed by atoms with van der Waals surface area (Å²) in [7, 11) is 2.03. The van der Waals surface area contributed by atoms with Crippen molar-refractivity contribution in [3.63, 3.8) is 0 Å². The number of nitrogens with zero attached hydrogens (tertiary/aromatic N) is 2. The van der Waals surface area contributed by atoms with E-state index in [4.69, 9.17) is 12.2 Å². The van der Waals surface area contributed by atoms with Gasteiger partial charge >= 0.3 is 0 Å². The number of hydrogen-bond acceptors (Lipinski definition) is 5. The van der Waals surface area contributed by atoms with Gasteiger partial charge in [0.1, 0.15) is 9.23 Å². The van der Waals surface area contributed by atoms with Gasteiger partial charge in [-0.05, 0) is 25.0 Å². The molecule has 120 valence electrons. The lowest BCUT2D eigenvalue weighted by molar-refractivity contribution is -0.124. The van der Waals surface area contributed by atoms with Gasteiger partial charge in [0.2, 0.25) is 0 Å². The SMILES string of the molecule is CN1/C(=C2/SC(=S)N(C3CCCCC3)C2=O)Sc2ccccc21. The average Bonchev–Trinajstić information content (AvgIpc) is 3.05. The Morgan fingerprint density at radius 2 is 1.87 bits per heavy atom. The molecule has 2 fully saturated rings. The molecule has 0 radical (unpaired) electrons. The summed E-state index contributed by atoms with van der Waals surface area (Å²) in [6.45, 7) is 0. The molecule has 0 bridgehead atoms. The number of rotatable bonds is 1. The first-order chi connectivity index (χ1) is 11.2. The Hall–Kier alpha value is -0.980. The van der Waals surface area contributed by atoms with E-state index in [9.17, 15) is 4.79 Å². The van der Waals surface area contributed by atoms with Crippen LogP contribution in [0.25, 0.3) is 0 Å². The van der Waals surface area contributed by atoms with Gasteiger partial charge in [0.15, 0.2) is 0 Å². The molecule has 0 atom stereocenters. The zero-order valence-electron chi connectivity index (χ0n) is 12.9. The predicted octanol–water partition coefficient (Wildman–Crippen LogP) is 4.59. The second-order valence-electron chi connectivity index (χ2n) is 6.10. The van der Waals surface area contributed by atoms with Crippen molar-refractivity contribution in [3.05, 3.63) is 34.2 Å². The van der Waals surface area contributed by atoms with E-state index in [1.807, 2.05) is 24.1 Å². The first-order valence-corrected chi connectivity index (χ1v) is 10.0. The summed E-state index contributed by atoms with van der Waals surface area (Å²) in [5.41, 5.74) is 1.16. The fourth-order valence-corrected chi connectivity index (χ4v) is 6.19. The van der Waals surface area contributed by atoms with E-state index in [1.54, 1.807) is 11.8 Å². The normalized spacial score (nSPS) is 25.4. The quantitative estimate of drug-likeness (QED) is 0.537. The molecule has 3 aliphatic rings. The molecule has 4 rings (SSSR count). The number of carbonyl (C=O) groups excluding carboxylic acids is 1. The van der Waals surface area contributed by atoms with Gasteiger partial charge in [0.05, 0.1) is 10.7 Å². The first-order valence-electron chi connectivity index (χ1n) is 7.97. The molecule has 0 spiro atoms. The summed E-state index contributed by atoms with van der Waals surface area (Å²) >= 11 is 8.69. The highest BCUT2D eigenvalue weighted by molar-refractivity contribution is 8.27. The van der Waals surface area contributed by atoms with Gasteiger partial charge in [-0.15, -0.1) is 0 Å². The molecule has 1 aromatic rings. The minimum Gasteiger partial charge on any atom is -0.337 e. The number of thiocarbonyl (C=S) groups is 1. The summed E-state index contributed by atoms with van der Waals surface area (Å²) in [5.74, 6) is 0.106. The second kappa shape index (κ2) is 6.15. The van der Waals surface area contributed by atoms with Crippen LogP contribution in [0.3, 0.4) is 0 Å². The molecule has 3 nitrogen and oxygen atoms in total. The van der Waals surface area contributed by atoms with Crippen molar-refractivity contribution in [2.45, 2.75) is 43.0 Å². The number of fused-ring (bicyclic) bond motifs is 1. The van der Waals surface area contributed by atoms with Gasteiger partial charge in [-0.3, -0.25) is 9.69 Å². The molecule has 2 aliphatic heterocycles. The van der Waals surface area contributed by atoms with Crippen LogP contribution >= 0.6 is 35.7 Å². The fraction of sp³-hybridized carbons (Fsp3) is 0.412. The zero-order valence-corrected chi connectivity index (χ0v) is 15.4. The summed E-state index contributed by atoms with van der Waals surface area (Å²) in [4.78, 5) is 19.0. The van der Waals surface area contributed by atoms with Gasteiger partial charge in [-0.2, -0.15) is 0 Å². The van der Waals surface area contributed by atoms with Crippen LogP contribution < -0.4 is 4.90 Å². The van der Waals surface area contributed by atoms with Crippen LogP contribution in [0.1, 0.15) is 32.1 Å². The molecule has 1 saturated heterocycles. The van der Waals surface area contributed by atoms with Crippen LogP contribution in [-0.2, 0) is 4.79 Å². The molecule has 1 amide bonds. The minimum absolute atomic E-state index is 0.106. The summed E-state index contributed by atoms with van der Waals surface area (Å²) in [6.07, 6.45) is 5.85. The summed E-state index contributed by atoms with van der Waals surface area (Å²) in [5, 5.41) is 1.02. The predicted molar refractivity (Wildman–Crippen MR) is 102 cm³/mol. The Bertz CT molecular complexity index is 710. The van der Waals surface area contributed by atoms with Gasteiger partial charge in [-0.25, -0.2) is 0 Å². The van der Waals surface area contributed by atoms with Crippen LogP contribution in [0, 0.1) is 0 Å². The molecule has 0 aromatic heterocycles. The van der Waals surface area contributed by atoms with Gasteiger partial charge < -0.3 is 4.90 Å². The van der Waals surface area contributed by atoms with Crippen molar-refractivity contribution >= 4 is 51.7 Å². The van der Waals surface area contributed by atoms with Gasteiger partial charge in [0.25, 0.3) is 5.91 Å². The van der Waals surface area contributed by atoms with Crippen LogP contribution in [0.2, 0.25) is 0 Å². The van der Waals surface area contributed by atoms with Crippen molar-refractivity contribution < 1.29 is 4.79 Å². The van der Waals surface area contributed by atoms with Crippen LogP contribution in [0.4, 0.5) is 5.69 Å². The van der Waals surface area contributed by atoms with Crippen LogP contribution in [0.15, 0.2) is 39.1 Å². The van der Waals surface area contributed by atoms with E-state index in [-0.39, 0.29) is 5.91 Å². The Kier molecular flexibility index (Phi) is 4.15. The van der Waals surface area contributed by atoms with E-state index in [2.05, 4.69) is 17.0 Å². The van der Waals surface area contributed by atoms with Crippen molar-refractivity contribution in [2.24, 2.45) is 0 Å². The highest BCUT2D eigenvalue weighted by atomic mass is 32.2. The average molecular weight is 363 g/mol. The lowest BCUT2D eigenvalue weighted by Crippen LogP contribution is -2.40. The number of amides is 1. The maximum Gasteiger partial charge on any atom is 0.269 e. The lowest BCUT2D eigenvalue weighted by Gasteiger charge is -2.30. The molecule has 0 N–H and O–H groups in total. The molecule has 1 aliphatic carbocycles. The molecule has 0 unspecified atom stereocenters. The fourth-order valence-electron chi connectivity index (χ4n) is 3.46. The number of benzene rings is 1. The van der Waals surface area contributed by atoms with Crippen LogP contribution in [0.5, 0.6) is 0 Å². The molecule has 1 aromatic carbocycles. The third-order valence-electron chi connectivity index (χ3n) is 4.67. The number of thioether (sulfide) groups is 2. The maximum atomic E-state index is 13.0. The number of para-hydroxylation sites is 1. The van der Waals surface area contributed by atoms with E-state index < -0.39 is 0 Å². The standard InChI is InChI=1S/C17H18N2OS3/c1-18-12-9-5-6-10-13(12)22-16(18)14-15(20)19(17(21)23-14)11-7-3-2-4-8-11/h5-6,9-11H,2-4,7-8H2,1H3/b16-14-. The second-order valence-corrected chi connectivity index (χ2v) is 8.77. The molecule has 2 heterocycles. The maximum absolute atomic E-state index is 13.0. The zero-order chi connectivity index (χ0) is 16.0. The van der Waals surface area contributed by atoms with Crippen molar-refractivity contribution in [2.75, 3.05) is 11.9 Å². The topological polar surface area (TPSA) is 23.6 Å². The number of hydrogen-bond donors (Lipinski definition) is 0. The minimum atomic E-state index is 0.106. The Balaban J connectivity index is 1.66. The summed E-state index contributed by atoms with van der Waals surface area (Å²) in [6, 6.07) is 8.57. The number of anilines is 1. The molecule has 23 heavy (non-hydrogen) atoms. The van der Waals surface area contributed by atoms with Gasteiger partial charge in [-0.1, -0.05) is 67.1 Å². The van der Waals surface area contributed by atoms with E-state index in [1.165, 1.54) is 35.9 Å². The Morgan fingerprint density at radius 3 is 2.61 bits per heavy atom. The first kappa shape index (κ1) is 15.5. The molecular formula is C17H18N2OS3. The highest BCUT2D eigenvalue weighted by Crippen LogP contribution is 2.50.